The van der Waals surface area contributed by atoms with Crippen molar-refractivity contribution in [3.63, 3.8) is 0 Å². The van der Waals surface area contributed by atoms with Crippen molar-refractivity contribution in [2.24, 2.45) is 0 Å². The van der Waals surface area contributed by atoms with E-state index in [2.05, 4.69) is 31.3 Å². The van der Waals surface area contributed by atoms with E-state index in [0.717, 1.165) is 38.5 Å². The number of hydrogen-bond acceptors (Lipinski definition) is 18. The molecule has 3 rings (SSSR count). The second-order valence-corrected chi connectivity index (χ2v) is 29.6. The Morgan fingerprint density at radius 2 is 0.646 bits per heavy atom. The standard InChI is InChI=1S/C80H151NO18/c1-3-5-7-9-11-13-15-17-19-20-21-22-23-24-25-26-27-28-29-30-31-32-33-34-35-36-37-38-39-40-41-42-44-46-48-50-52-54-56-58-68(86)81-63(64(85)57-55-53-51-49-47-45-43-18-16-14-12-10-8-6-4-2)62-94-78-74(92)71(89)76(66(60-83)96-78)99-80-75(93)72(90)77(67(61-84)97-80)98-79-73(91)70(88)69(87)65(59-82)95-79/h47,49,55,57,63-67,69-80,82-85,87-93H,3-46,48,50-54,56,58-62H2,1-2H3,(H,81,86)/b49-47+,57-55+. The van der Waals surface area contributed by atoms with E-state index in [-0.39, 0.29) is 18.9 Å². The zero-order chi connectivity index (χ0) is 71.8. The van der Waals surface area contributed by atoms with E-state index in [0.29, 0.717) is 12.8 Å². The second kappa shape index (κ2) is 61.4. The number of ether oxygens (including phenoxy) is 6. The summed E-state index contributed by atoms with van der Waals surface area (Å²) >= 11 is 0. The molecule has 3 fully saturated rings. The lowest BCUT2D eigenvalue weighted by atomic mass is 9.96. The number of rotatable bonds is 66. The average molecular weight is 1420 g/mol. The van der Waals surface area contributed by atoms with Crippen LogP contribution in [0.4, 0.5) is 0 Å². The Hall–Kier alpha value is -1.73. The Bertz CT molecular complexity index is 1880. The minimum Gasteiger partial charge on any atom is -0.394 e. The van der Waals surface area contributed by atoms with E-state index >= 15 is 0 Å². The SMILES string of the molecule is CCCCCCCCCCC/C=C/CC/C=C/C(O)C(COC1OC(CO)C(OC2OC(CO)C(OC3OC(CO)C(O)C(O)C3O)C(O)C2O)C(O)C1O)NC(=O)CCCCCCCCCCCCCCCCCCCCCCCCCCCCCCCCCCCCCCCCC. The number of allylic oxidation sites excluding steroid dienone is 3. The van der Waals surface area contributed by atoms with Gasteiger partial charge in [0.25, 0.3) is 0 Å². The van der Waals surface area contributed by atoms with Crippen LogP contribution in [0.15, 0.2) is 24.3 Å². The Morgan fingerprint density at radius 3 is 1.01 bits per heavy atom. The smallest absolute Gasteiger partial charge is 0.220 e. The van der Waals surface area contributed by atoms with Crippen LogP contribution in [0.1, 0.15) is 348 Å². The molecule has 3 heterocycles. The maximum absolute atomic E-state index is 13.4. The first kappa shape index (κ1) is 91.5. The minimum atomic E-state index is -1.98. The third-order valence-electron chi connectivity index (χ3n) is 20.8. The highest BCUT2D eigenvalue weighted by Gasteiger charge is 2.54. The number of hydrogen-bond donors (Lipinski definition) is 12. The van der Waals surface area contributed by atoms with Gasteiger partial charge in [0.15, 0.2) is 18.9 Å². The van der Waals surface area contributed by atoms with Crippen molar-refractivity contribution in [2.75, 3.05) is 26.4 Å². The summed E-state index contributed by atoms with van der Waals surface area (Å²) in [5.74, 6) is -0.279. The van der Waals surface area contributed by atoms with E-state index in [1.807, 2.05) is 6.08 Å². The first-order valence-corrected chi connectivity index (χ1v) is 41.1. The first-order valence-electron chi connectivity index (χ1n) is 41.1. The highest BCUT2D eigenvalue weighted by Crippen LogP contribution is 2.33. The van der Waals surface area contributed by atoms with Crippen LogP contribution in [0.3, 0.4) is 0 Å². The maximum atomic E-state index is 13.4. The van der Waals surface area contributed by atoms with Crippen molar-refractivity contribution in [1.29, 1.82) is 0 Å². The molecule has 0 aromatic carbocycles. The van der Waals surface area contributed by atoms with Gasteiger partial charge in [-0.2, -0.15) is 0 Å². The predicted octanol–water partition coefficient (Wildman–Crippen LogP) is 13.7. The molecule has 0 aliphatic carbocycles. The number of unbranched alkanes of at least 4 members (excludes halogenated alkanes) is 48. The Kier molecular flexibility index (Phi) is 56.8. The van der Waals surface area contributed by atoms with Crippen molar-refractivity contribution < 1.29 is 89.4 Å². The molecule has 19 nitrogen and oxygen atoms in total. The summed E-state index contributed by atoms with van der Waals surface area (Å²) < 4.78 is 34.4. The second-order valence-electron chi connectivity index (χ2n) is 29.6. The normalized spacial score (nSPS) is 26.7. The molecular formula is C80H151NO18. The third kappa shape index (κ3) is 41.7. The van der Waals surface area contributed by atoms with Gasteiger partial charge in [0.05, 0.1) is 38.6 Å². The molecule has 1 amide bonds. The molecule has 3 saturated heterocycles. The van der Waals surface area contributed by atoms with Gasteiger partial charge < -0.3 is 89.9 Å². The van der Waals surface area contributed by atoms with Gasteiger partial charge in [-0.1, -0.05) is 334 Å². The van der Waals surface area contributed by atoms with Crippen molar-refractivity contribution in [1.82, 2.24) is 5.32 Å². The molecule has 584 valence electrons. The zero-order valence-corrected chi connectivity index (χ0v) is 62.5. The van der Waals surface area contributed by atoms with Gasteiger partial charge in [-0.3, -0.25) is 4.79 Å². The van der Waals surface area contributed by atoms with Crippen molar-refractivity contribution in [2.45, 2.75) is 452 Å². The van der Waals surface area contributed by atoms with E-state index < -0.39 is 124 Å². The first-order chi connectivity index (χ1) is 48.3. The lowest BCUT2D eigenvalue weighted by Gasteiger charge is -2.48. The van der Waals surface area contributed by atoms with Gasteiger partial charge in [-0.25, -0.2) is 0 Å². The topological polar surface area (TPSA) is 307 Å². The van der Waals surface area contributed by atoms with Crippen molar-refractivity contribution in [3.05, 3.63) is 24.3 Å². The summed E-state index contributed by atoms with van der Waals surface area (Å²) in [6.07, 6.45) is 47.9. The van der Waals surface area contributed by atoms with Crippen molar-refractivity contribution >= 4 is 5.91 Å². The molecule has 0 aromatic rings. The van der Waals surface area contributed by atoms with E-state index in [1.165, 1.54) is 276 Å². The van der Waals surface area contributed by atoms with Crippen LogP contribution in [0.2, 0.25) is 0 Å². The maximum Gasteiger partial charge on any atom is 0.220 e. The summed E-state index contributed by atoms with van der Waals surface area (Å²) in [6, 6.07) is -0.987. The molecule has 12 N–H and O–H groups in total. The fraction of sp³-hybridized carbons (Fsp3) is 0.938. The molecule has 99 heavy (non-hydrogen) atoms. The average Bonchev–Trinajstić information content (AvgIpc) is 0.784. The third-order valence-corrected chi connectivity index (χ3v) is 20.8. The molecule has 3 aliphatic heterocycles. The molecule has 19 heteroatoms. The number of carbonyl (C=O) groups excluding carboxylic acids is 1. The fourth-order valence-corrected chi connectivity index (χ4v) is 14.2. The van der Waals surface area contributed by atoms with E-state index in [9.17, 15) is 61.0 Å². The lowest BCUT2D eigenvalue weighted by molar-refractivity contribution is -0.379. The van der Waals surface area contributed by atoms with Crippen LogP contribution in [-0.4, -0.2) is 193 Å². The Labute approximate surface area is 600 Å². The number of aliphatic hydroxyl groups excluding tert-OH is 11. The molecule has 0 bridgehead atoms. The molecule has 3 aliphatic rings. The Balaban J connectivity index is 1.28. The molecule has 17 atom stereocenters. The quantitative estimate of drug-likeness (QED) is 0.0199. The largest absolute Gasteiger partial charge is 0.394 e. The van der Waals surface area contributed by atoms with Gasteiger partial charge in [0.2, 0.25) is 5.91 Å². The van der Waals surface area contributed by atoms with Gasteiger partial charge in [-0.15, -0.1) is 0 Å². The van der Waals surface area contributed by atoms with Crippen LogP contribution < -0.4 is 5.32 Å². The summed E-state index contributed by atoms with van der Waals surface area (Å²) in [5.41, 5.74) is 0. The monoisotopic (exact) mass is 1410 g/mol. The minimum absolute atomic E-state index is 0.241. The van der Waals surface area contributed by atoms with Crippen LogP contribution >= 0.6 is 0 Å². The molecule has 17 unspecified atom stereocenters. The number of carbonyl (C=O) groups is 1. The summed E-state index contributed by atoms with van der Waals surface area (Å²) in [7, 11) is 0. The number of amides is 1. The van der Waals surface area contributed by atoms with Crippen LogP contribution in [0, 0.1) is 0 Å². The van der Waals surface area contributed by atoms with Crippen LogP contribution in [0.5, 0.6) is 0 Å². The van der Waals surface area contributed by atoms with E-state index in [4.69, 9.17) is 28.4 Å². The fourth-order valence-electron chi connectivity index (χ4n) is 14.2. The number of nitrogens with one attached hydrogen (secondary N) is 1. The van der Waals surface area contributed by atoms with E-state index in [1.54, 1.807) is 6.08 Å². The van der Waals surface area contributed by atoms with Gasteiger partial charge in [0.1, 0.15) is 73.2 Å². The summed E-state index contributed by atoms with van der Waals surface area (Å²) in [5, 5.41) is 121. The van der Waals surface area contributed by atoms with Crippen LogP contribution in [0.25, 0.3) is 0 Å². The summed E-state index contributed by atoms with van der Waals surface area (Å²) in [6.45, 7) is 1.75. The van der Waals surface area contributed by atoms with Crippen LogP contribution in [-0.2, 0) is 33.2 Å². The van der Waals surface area contributed by atoms with Gasteiger partial charge in [0, 0.05) is 6.42 Å². The lowest BCUT2D eigenvalue weighted by Crippen LogP contribution is -2.66. The Morgan fingerprint density at radius 1 is 0.354 bits per heavy atom. The highest BCUT2D eigenvalue weighted by atomic mass is 16.8. The zero-order valence-electron chi connectivity index (χ0n) is 62.5. The molecule has 0 spiro atoms. The van der Waals surface area contributed by atoms with Gasteiger partial charge in [-0.05, 0) is 32.1 Å². The predicted molar refractivity (Wildman–Crippen MR) is 393 cm³/mol. The molecule has 0 radical (unpaired) electrons. The molecular weight excluding hydrogens is 1260 g/mol. The van der Waals surface area contributed by atoms with Crippen molar-refractivity contribution in [3.8, 4) is 0 Å². The highest BCUT2D eigenvalue weighted by molar-refractivity contribution is 5.76. The summed E-state index contributed by atoms with van der Waals surface area (Å²) in [4.78, 5) is 13.4. The molecule has 0 aromatic heterocycles. The van der Waals surface area contributed by atoms with Gasteiger partial charge >= 0.3 is 0 Å². The molecule has 0 saturated carbocycles. The number of aliphatic hydroxyl groups is 11.